The Labute approximate surface area is 124 Å². The molecule has 1 heterocycles. The highest BCUT2D eigenvalue weighted by atomic mass is 16.1. The van der Waals surface area contributed by atoms with E-state index in [0.717, 1.165) is 12.1 Å². The largest absolute Gasteiger partial charge is 0.348 e. The van der Waals surface area contributed by atoms with E-state index >= 15 is 0 Å². The van der Waals surface area contributed by atoms with Crippen LogP contribution in [0.15, 0.2) is 36.4 Å². The zero-order valence-corrected chi connectivity index (χ0v) is 12.6. The minimum atomic E-state index is -0.175. The average Bonchev–Trinajstić information content (AvgIpc) is 2.47. The third-order valence-corrected chi connectivity index (χ3v) is 3.11. The Morgan fingerprint density at radius 2 is 1.95 bits per heavy atom. The van der Waals surface area contributed by atoms with Crippen molar-refractivity contribution in [1.82, 2.24) is 15.3 Å². The summed E-state index contributed by atoms with van der Waals surface area (Å²) in [5, 5.41) is 6.08. The number of anilines is 2. The second-order valence-electron chi connectivity index (χ2n) is 4.96. The van der Waals surface area contributed by atoms with Crippen LogP contribution in [0.2, 0.25) is 0 Å². The van der Waals surface area contributed by atoms with E-state index in [1.54, 1.807) is 13.0 Å². The molecule has 0 saturated carbocycles. The van der Waals surface area contributed by atoms with E-state index in [9.17, 15) is 4.79 Å². The van der Waals surface area contributed by atoms with Crippen molar-refractivity contribution >= 4 is 17.4 Å². The summed E-state index contributed by atoms with van der Waals surface area (Å²) >= 11 is 0. The summed E-state index contributed by atoms with van der Waals surface area (Å²) in [6, 6.07) is 11.5. The van der Waals surface area contributed by atoms with E-state index in [2.05, 4.69) is 20.6 Å². The zero-order chi connectivity index (χ0) is 15.2. The van der Waals surface area contributed by atoms with Gasteiger partial charge in [-0.2, -0.15) is 0 Å². The number of nitrogens with zero attached hydrogens (tertiary/aromatic N) is 2. The van der Waals surface area contributed by atoms with Crippen LogP contribution in [0.5, 0.6) is 0 Å². The molecule has 1 amide bonds. The van der Waals surface area contributed by atoms with Gasteiger partial charge in [-0.25, -0.2) is 9.97 Å². The molecule has 0 spiro atoms. The summed E-state index contributed by atoms with van der Waals surface area (Å²) in [6.45, 7) is 5.77. The van der Waals surface area contributed by atoms with E-state index in [1.807, 2.05) is 44.2 Å². The Morgan fingerprint density at radius 3 is 2.62 bits per heavy atom. The van der Waals surface area contributed by atoms with Crippen molar-refractivity contribution in [3.63, 3.8) is 0 Å². The Morgan fingerprint density at radius 1 is 1.24 bits per heavy atom. The van der Waals surface area contributed by atoms with Crippen molar-refractivity contribution in [2.45, 2.75) is 33.2 Å². The van der Waals surface area contributed by atoms with Crippen LogP contribution in [0.1, 0.15) is 36.6 Å². The van der Waals surface area contributed by atoms with Gasteiger partial charge in [-0.1, -0.05) is 25.1 Å². The van der Waals surface area contributed by atoms with E-state index < -0.39 is 0 Å². The number of hydrogen-bond donors (Lipinski definition) is 2. The second kappa shape index (κ2) is 6.83. The van der Waals surface area contributed by atoms with Crippen LogP contribution in [0.25, 0.3) is 0 Å². The standard InChI is InChI=1S/C16H20N4O/c1-4-11(2)17-16(21)14-10-15(19-12(3)18-14)20-13-8-6-5-7-9-13/h5-11H,4H2,1-3H3,(H,17,21)(H,18,19,20). The number of hydrogen-bond acceptors (Lipinski definition) is 4. The molecule has 5 heteroatoms. The van der Waals surface area contributed by atoms with Gasteiger partial charge in [0.05, 0.1) is 0 Å². The average molecular weight is 284 g/mol. The van der Waals surface area contributed by atoms with Crippen molar-refractivity contribution in [1.29, 1.82) is 0 Å². The van der Waals surface area contributed by atoms with Crippen molar-refractivity contribution in [2.24, 2.45) is 0 Å². The van der Waals surface area contributed by atoms with Crippen molar-refractivity contribution < 1.29 is 4.79 Å². The third-order valence-electron chi connectivity index (χ3n) is 3.11. The zero-order valence-electron chi connectivity index (χ0n) is 12.6. The number of carbonyl (C=O) groups excluding carboxylic acids is 1. The van der Waals surface area contributed by atoms with Gasteiger partial charge in [0.1, 0.15) is 17.3 Å². The fraction of sp³-hybridized carbons (Fsp3) is 0.312. The van der Waals surface area contributed by atoms with Crippen LogP contribution >= 0.6 is 0 Å². The molecule has 1 aromatic carbocycles. The van der Waals surface area contributed by atoms with Gasteiger partial charge in [0, 0.05) is 17.8 Å². The van der Waals surface area contributed by atoms with E-state index in [1.165, 1.54) is 0 Å². The predicted molar refractivity (Wildman–Crippen MR) is 83.7 cm³/mol. The quantitative estimate of drug-likeness (QED) is 0.885. The molecule has 1 unspecified atom stereocenters. The molecule has 2 N–H and O–H groups in total. The third kappa shape index (κ3) is 4.27. The van der Waals surface area contributed by atoms with E-state index in [-0.39, 0.29) is 11.9 Å². The summed E-state index contributed by atoms with van der Waals surface area (Å²) in [7, 11) is 0. The minimum Gasteiger partial charge on any atom is -0.348 e. The first-order valence-corrected chi connectivity index (χ1v) is 7.07. The molecular weight excluding hydrogens is 264 g/mol. The number of para-hydroxylation sites is 1. The summed E-state index contributed by atoms with van der Waals surface area (Å²) in [5.41, 5.74) is 1.30. The maximum Gasteiger partial charge on any atom is 0.270 e. The molecule has 0 fully saturated rings. The lowest BCUT2D eigenvalue weighted by Gasteiger charge is -2.12. The molecule has 0 saturated heterocycles. The monoisotopic (exact) mass is 284 g/mol. The first kappa shape index (κ1) is 15.0. The van der Waals surface area contributed by atoms with Gasteiger partial charge in [-0.3, -0.25) is 4.79 Å². The van der Waals surface area contributed by atoms with Crippen LogP contribution in [0, 0.1) is 6.92 Å². The molecule has 2 aromatic rings. The molecule has 0 bridgehead atoms. The molecule has 0 aliphatic heterocycles. The molecule has 1 aromatic heterocycles. The van der Waals surface area contributed by atoms with Crippen molar-refractivity contribution in [3.8, 4) is 0 Å². The lowest BCUT2D eigenvalue weighted by molar-refractivity contribution is 0.0934. The van der Waals surface area contributed by atoms with Crippen LogP contribution in [-0.4, -0.2) is 21.9 Å². The normalized spacial score (nSPS) is 11.8. The summed E-state index contributed by atoms with van der Waals surface area (Å²) in [4.78, 5) is 20.6. The molecule has 0 aliphatic carbocycles. The molecule has 21 heavy (non-hydrogen) atoms. The number of benzene rings is 1. The lowest BCUT2D eigenvalue weighted by atomic mass is 10.2. The SMILES string of the molecule is CCC(C)NC(=O)c1cc(Nc2ccccc2)nc(C)n1. The van der Waals surface area contributed by atoms with Crippen molar-refractivity contribution in [3.05, 3.63) is 47.9 Å². The first-order valence-electron chi connectivity index (χ1n) is 7.07. The molecular formula is C16H20N4O. The summed E-state index contributed by atoms with van der Waals surface area (Å²) < 4.78 is 0. The smallest absolute Gasteiger partial charge is 0.270 e. The number of amides is 1. The molecule has 5 nitrogen and oxygen atoms in total. The highest BCUT2D eigenvalue weighted by molar-refractivity contribution is 5.93. The molecule has 1 atom stereocenters. The number of aromatic nitrogens is 2. The Balaban J connectivity index is 2.19. The molecule has 110 valence electrons. The Hall–Kier alpha value is -2.43. The van der Waals surface area contributed by atoms with Crippen LogP contribution in [0.4, 0.5) is 11.5 Å². The van der Waals surface area contributed by atoms with Gasteiger partial charge in [0.15, 0.2) is 0 Å². The highest BCUT2D eigenvalue weighted by Gasteiger charge is 2.12. The van der Waals surface area contributed by atoms with Gasteiger partial charge in [0.25, 0.3) is 5.91 Å². The van der Waals surface area contributed by atoms with Gasteiger partial charge in [-0.05, 0) is 32.4 Å². The maximum atomic E-state index is 12.1. The van der Waals surface area contributed by atoms with E-state index in [0.29, 0.717) is 17.3 Å². The van der Waals surface area contributed by atoms with Crippen LogP contribution < -0.4 is 10.6 Å². The fourth-order valence-corrected chi connectivity index (χ4v) is 1.82. The maximum absolute atomic E-state index is 12.1. The summed E-state index contributed by atoms with van der Waals surface area (Å²) in [5.74, 6) is 0.999. The van der Waals surface area contributed by atoms with Crippen LogP contribution in [0.3, 0.4) is 0 Å². The Kier molecular flexibility index (Phi) is 4.87. The molecule has 0 aliphatic rings. The number of aryl methyl sites for hydroxylation is 1. The van der Waals surface area contributed by atoms with Gasteiger partial charge in [-0.15, -0.1) is 0 Å². The van der Waals surface area contributed by atoms with Crippen molar-refractivity contribution in [2.75, 3.05) is 5.32 Å². The second-order valence-corrected chi connectivity index (χ2v) is 4.96. The van der Waals surface area contributed by atoms with Crippen LogP contribution in [-0.2, 0) is 0 Å². The van der Waals surface area contributed by atoms with Gasteiger partial charge >= 0.3 is 0 Å². The Bertz CT molecular complexity index is 613. The molecule has 2 rings (SSSR count). The first-order chi connectivity index (χ1) is 10.1. The fourth-order valence-electron chi connectivity index (χ4n) is 1.82. The minimum absolute atomic E-state index is 0.123. The summed E-state index contributed by atoms with van der Waals surface area (Å²) in [6.07, 6.45) is 0.880. The number of carbonyl (C=O) groups is 1. The number of rotatable bonds is 5. The highest BCUT2D eigenvalue weighted by Crippen LogP contribution is 2.15. The topological polar surface area (TPSA) is 66.9 Å². The lowest BCUT2D eigenvalue weighted by Crippen LogP contribution is -2.32. The molecule has 0 radical (unpaired) electrons. The van der Waals surface area contributed by atoms with Gasteiger partial charge < -0.3 is 10.6 Å². The van der Waals surface area contributed by atoms with Gasteiger partial charge in [0.2, 0.25) is 0 Å². The predicted octanol–water partition coefficient (Wildman–Crippen LogP) is 3.06. The number of nitrogens with one attached hydrogen (secondary N) is 2. The van der Waals surface area contributed by atoms with E-state index in [4.69, 9.17) is 0 Å².